The van der Waals surface area contributed by atoms with Crippen LogP contribution in [0, 0.1) is 11.3 Å². The fraction of sp³-hybridized carbons (Fsp3) is 0.143. The summed E-state index contributed by atoms with van der Waals surface area (Å²) >= 11 is 0. The van der Waals surface area contributed by atoms with E-state index in [2.05, 4.69) is 38.3 Å². The van der Waals surface area contributed by atoms with Crippen molar-refractivity contribution in [1.29, 1.82) is 5.26 Å². The quantitative estimate of drug-likeness (QED) is 0.563. The van der Waals surface area contributed by atoms with Gasteiger partial charge in [-0.2, -0.15) is 5.26 Å². The molecule has 1 aromatic carbocycles. The number of anilines is 1. The van der Waals surface area contributed by atoms with E-state index in [1.54, 1.807) is 29.1 Å². The van der Waals surface area contributed by atoms with Crippen molar-refractivity contribution < 1.29 is 0 Å². The standard InChI is InChI=1S/C21H18N8/c1-2-15-7-5-8-16(24-15)12-29-13-20(27-28-29)19-10-18(25-21(23)26-19)17-9-4-3-6-14(17)11-22/h3-10,13H,2,12H2,1H3,(H2,23,25,26). The summed E-state index contributed by atoms with van der Waals surface area (Å²) < 4.78 is 1.71. The predicted octanol–water partition coefficient (Wildman–Crippen LogP) is 2.86. The summed E-state index contributed by atoms with van der Waals surface area (Å²) in [5.74, 6) is 0.108. The van der Waals surface area contributed by atoms with E-state index in [-0.39, 0.29) is 5.95 Å². The normalized spacial score (nSPS) is 10.6. The molecule has 8 nitrogen and oxygen atoms in total. The van der Waals surface area contributed by atoms with Crippen LogP contribution in [0.25, 0.3) is 22.6 Å². The third-order valence-corrected chi connectivity index (χ3v) is 4.42. The van der Waals surface area contributed by atoms with Gasteiger partial charge in [-0.15, -0.1) is 5.10 Å². The van der Waals surface area contributed by atoms with E-state index in [0.717, 1.165) is 17.8 Å². The first kappa shape index (κ1) is 18.3. The van der Waals surface area contributed by atoms with Crippen molar-refractivity contribution in [3.8, 4) is 28.7 Å². The summed E-state index contributed by atoms with van der Waals surface area (Å²) in [5, 5.41) is 17.8. The number of pyridine rings is 1. The maximum absolute atomic E-state index is 9.36. The molecule has 29 heavy (non-hydrogen) atoms. The zero-order chi connectivity index (χ0) is 20.2. The van der Waals surface area contributed by atoms with Crippen LogP contribution in [0.2, 0.25) is 0 Å². The number of aromatic nitrogens is 6. The Balaban J connectivity index is 1.66. The predicted molar refractivity (Wildman–Crippen MR) is 108 cm³/mol. The second kappa shape index (κ2) is 7.86. The largest absolute Gasteiger partial charge is 0.368 e. The first-order valence-corrected chi connectivity index (χ1v) is 9.15. The highest BCUT2D eigenvalue weighted by atomic mass is 15.4. The topological polar surface area (TPSA) is 119 Å². The molecule has 0 aliphatic carbocycles. The second-order valence-corrected chi connectivity index (χ2v) is 6.43. The molecule has 142 valence electrons. The fourth-order valence-corrected chi connectivity index (χ4v) is 3.01. The third kappa shape index (κ3) is 3.94. The summed E-state index contributed by atoms with van der Waals surface area (Å²) in [7, 11) is 0. The van der Waals surface area contributed by atoms with E-state index >= 15 is 0 Å². The van der Waals surface area contributed by atoms with Crippen LogP contribution >= 0.6 is 0 Å². The molecular weight excluding hydrogens is 364 g/mol. The molecule has 0 radical (unpaired) electrons. The summed E-state index contributed by atoms with van der Waals surface area (Å²) in [5.41, 5.74) is 10.8. The van der Waals surface area contributed by atoms with E-state index in [4.69, 9.17) is 5.73 Å². The highest BCUT2D eigenvalue weighted by Crippen LogP contribution is 2.25. The molecule has 4 rings (SSSR count). The van der Waals surface area contributed by atoms with E-state index < -0.39 is 0 Å². The van der Waals surface area contributed by atoms with Gasteiger partial charge in [-0.1, -0.05) is 36.4 Å². The first-order valence-electron chi connectivity index (χ1n) is 9.15. The molecule has 2 N–H and O–H groups in total. The van der Waals surface area contributed by atoms with Crippen molar-refractivity contribution in [2.75, 3.05) is 5.73 Å². The average Bonchev–Trinajstić information content (AvgIpc) is 3.22. The van der Waals surface area contributed by atoms with Gasteiger partial charge in [-0.3, -0.25) is 4.98 Å². The van der Waals surface area contributed by atoms with Crippen LogP contribution in [0.5, 0.6) is 0 Å². The van der Waals surface area contributed by atoms with Gasteiger partial charge in [0.2, 0.25) is 5.95 Å². The lowest BCUT2D eigenvalue weighted by molar-refractivity contribution is 0.636. The van der Waals surface area contributed by atoms with Crippen LogP contribution in [0.3, 0.4) is 0 Å². The van der Waals surface area contributed by atoms with Crippen molar-refractivity contribution in [1.82, 2.24) is 29.9 Å². The summed E-state index contributed by atoms with van der Waals surface area (Å²) in [6.07, 6.45) is 2.67. The minimum Gasteiger partial charge on any atom is -0.368 e. The van der Waals surface area contributed by atoms with Gasteiger partial charge in [-0.25, -0.2) is 14.6 Å². The van der Waals surface area contributed by atoms with Crippen LogP contribution < -0.4 is 5.73 Å². The van der Waals surface area contributed by atoms with Crippen LogP contribution in [-0.2, 0) is 13.0 Å². The van der Waals surface area contributed by atoms with Crippen molar-refractivity contribution in [3.05, 3.63) is 71.7 Å². The molecule has 0 fully saturated rings. The van der Waals surface area contributed by atoms with Gasteiger partial charge >= 0.3 is 0 Å². The number of aryl methyl sites for hydroxylation is 1. The summed E-state index contributed by atoms with van der Waals surface area (Å²) in [4.78, 5) is 13.2. The lowest BCUT2D eigenvalue weighted by Gasteiger charge is -2.06. The third-order valence-electron chi connectivity index (χ3n) is 4.42. The van der Waals surface area contributed by atoms with Gasteiger partial charge in [0.1, 0.15) is 5.69 Å². The number of hydrogen-bond acceptors (Lipinski definition) is 7. The lowest BCUT2D eigenvalue weighted by atomic mass is 10.0. The van der Waals surface area contributed by atoms with Gasteiger partial charge in [0, 0.05) is 11.3 Å². The van der Waals surface area contributed by atoms with Crippen molar-refractivity contribution in [3.63, 3.8) is 0 Å². The van der Waals surface area contributed by atoms with E-state index in [1.807, 2.05) is 30.3 Å². The Labute approximate surface area is 167 Å². The van der Waals surface area contributed by atoms with Gasteiger partial charge < -0.3 is 5.73 Å². The monoisotopic (exact) mass is 382 g/mol. The smallest absolute Gasteiger partial charge is 0.221 e. The Hall–Kier alpha value is -4.12. The number of benzene rings is 1. The van der Waals surface area contributed by atoms with E-state index in [1.165, 1.54) is 0 Å². The van der Waals surface area contributed by atoms with Crippen molar-refractivity contribution >= 4 is 5.95 Å². The van der Waals surface area contributed by atoms with E-state index in [9.17, 15) is 5.26 Å². The Morgan fingerprint density at radius 1 is 0.966 bits per heavy atom. The number of nitriles is 1. The molecule has 4 aromatic rings. The van der Waals surface area contributed by atoms with Crippen LogP contribution in [0.4, 0.5) is 5.95 Å². The molecule has 0 amide bonds. The molecule has 8 heteroatoms. The molecule has 0 bridgehead atoms. The van der Waals surface area contributed by atoms with Gasteiger partial charge in [0.25, 0.3) is 0 Å². The number of nitrogen functional groups attached to an aromatic ring is 1. The summed E-state index contributed by atoms with van der Waals surface area (Å²) in [6.45, 7) is 2.58. The minimum absolute atomic E-state index is 0.108. The molecule has 0 unspecified atom stereocenters. The van der Waals surface area contributed by atoms with Crippen LogP contribution in [0.15, 0.2) is 54.7 Å². The minimum atomic E-state index is 0.108. The molecule has 3 heterocycles. The number of hydrogen-bond donors (Lipinski definition) is 1. The molecule has 0 saturated heterocycles. The zero-order valence-electron chi connectivity index (χ0n) is 15.8. The molecule has 3 aromatic heterocycles. The Bertz CT molecular complexity index is 1210. The second-order valence-electron chi connectivity index (χ2n) is 6.43. The van der Waals surface area contributed by atoms with Crippen LogP contribution in [0.1, 0.15) is 23.9 Å². The Kier molecular flexibility index (Phi) is 4.95. The van der Waals surface area contributed by atoms with Crippen molar-refractivity contribution in [2.45, 2.75) is 19.9 Å². The maximum atomic E-state index is 9.36. The molecule has 0 aliphatic rings. The Morgan fingerprint density at radius 3 is 2.59 bits per heavy atom. The highest BCUT2D eigenvalue weighted by molar-refractivity contribution is 5.71. The molecular formula is C21H18N8. The van der Waals surface area contributed by atoms with E-state index in [0.29, 0.717) is 34.8 Å². The fourth-order valence-electron chi connectivity index (χ4n) is 3.01. The zero-order valence-corrected chi connectivity index (χ0v) is 15.8. The SMILES string of the molecule is CCc1cccc(Cn2cc(-c3cc(-c4ccccc4C#N)nc(N)n3)nn2)n1. The molecule has 0 saturated carbocycles. The first-order chi connectivity index (χ1) is 14.2. The maximum Gasteiger partial charge on any atom is 0.221 e. The van der Waals surface area contributed by atoms with Crippen molar-refractivity contribution in [2.24, 2.45) is 0 Å². The van der Waals surface area contributed by atoms with Crippen LogP contribution in [-0.4, -0.2) is 29.9 Å². The molecule has 0 aliphatic heterocycles. The molecule has 0 atom stereocenters. The lowest BCUT2D eigenvalue weighted by Crippen LogP contribution is -2.03. The summed E-state index contributed by atoms with van der Waals surface area (Å²) in [6, 6.07) is 17.1. The number of nitrogens with zero attached hydrogens (tertiary/aromatic N) is 7. The average molecular weight is 382 g/mol. The Morgan fingerprint density at radius 2 is 1.76 bits per heavy atom. The highest BCUT2D eigenvalue weighted by Gasteiger charge is 2.13. The van der Waals surface area contributed by atoms with Gasteiger partial charge in [0.15, 0.2) is 0 Å². The molecule has 0 spiro atoms. The number of nitrogens with two attached hydrogens (primary N) is 1. The van der Waals surface area contributed by atoms with Gasteiger partial charge in [-0.05, 0) is 30.7 Å². The van der Waals surface area contributed by atoms with Gasteiger partial charge in [0.05, 0.1) is 41.5 Å². The number of rotatable bonds is 5.